The van der Waals surface area contributed by atoms with Gasteiger partial charge in [0, 0.05) is 11.8 Å². The number of fused-ring (bicyclic) bond motifs is 5. The van der Waals surface area contributed by atoms with Gasteiger partial charge in [-0.25, -0.2) is 4.90 Å². The molecule has 4 rings (SSSR count). The number of carbonyl (C=O) groups is 2. The van der Waals surface area contributed by atoms with Gasteiger partial charge < -0.3 is 4.74 Å². The summed E-state index contributed by atoms with van der Waals surface area (Å²) >= 11 is 0. The number of benzene rings is 1. The molecule has 0 aromatic heterocycles. The molecule has 2 bridgehead atoms. The Morgan fingerprint density at radius 3 is 1.91 bits per heavy atom. The average Bonchev–Trinajstić information content (AvgIpc) is 3.18. The fourth-order valence-corrected chi connectivity index (χ4v) is 4.42. The zero-order valence-electron chi connectivity index (χ0n) is 13.4. The molecule has 1 saturated heterocycles. The van der Waals surface area contributed by atoms with Crippen molar-refractivity contribution in [3.8, 4) is 5.75 Å². The highest BCUT2D eigenvalue weighted by molar-refractivity contribution is 6.23. The number of anilines is 1. The summed E-state index contributed by atoms with van der Waals surface area (Å²) in [5.74, 6) is 0.293. The Morgan fingerprint density at radius 1 is 0.957 bits per heavy atom. The van der Waals surface area contributed by atoms with Gasteiger partial charge in [0.25, 0.3) is 0 Å². The third-order valence-corrected chi connectivity index (χ3v) is 5.32. The number of carbonyl (C=O) groups excluding carboxylic acids is 2. The first-order valence-electron chi connectivity index (χ1n) is 7.92. The van der Waals surface area contributed by atoms with E-state index in [1.54, 1.807) is 31.4 Å². The summed E-state index contributed by atoms with van der Waals surface area (Å²) in [5.41, 5.74) is 3.14. The SMILES string of the molecule is COc1ccc(N2C(=O)[C@H]3[C@H](C2=O)[C@H]2C=C[C@@H]3C2=C(C)C)cc1. The summed E-state index contributed by atoms with van der Waals surface area (Å²) in [4.78, 5) is 27.2. The zero-order valence-corrected chi connectivity index (χ0v) is 13.4. The van der Waals surface area contributed by atoms with E-state index in [1.165, 1.54) is 16.0 Å². The van der Waals surface area contributed by atoms with Crippen molar-refractivity contribution >= 4 is 17.5 Å². The minimum Gasteiger partial charge on any atom is -0.497 e. The first kappa shape index (κ1) is 14.2. The maximum Gasteiger partial charge on any atom is 0.238 e. The second-order valence-electron chi connectivity index (χ2n) is 6.65. The Balaban J connectivity index is 1.72. The molecule has 4 atom stereocenters. The summed E-state index contributed by atoms with van der Waals surface area (Å²) < 4.78 is 5.14. The Bertz CT molecular complexity index is 721. The van der Waals surface area contributed by atoms with E-state index >= 15 is 0 Å². The second kappa shape index (κ2) is 4.82. The van der Waals surface area contributed by atoms with Crippen LogP contribution in [0.5, 0.6) is 5.75 Å². The Labute approximate surface area is 135 Å². The van der Waals surface area contributed by atoms with Crippen LogP contribution in [0.4, 0.5) is 5.69 Å². The lowest BCUT2D eigenvalue weighted by Gasteiger charge is -2.19. The fraction of sp³-hybridized carbons (Fsp3) is 0.368. The van der Waals surface area contributed by atoms with Gasteiger partial charge >= 0.3 is 0 Å². The van der Waals surface area contributed by atoms with Crippen LogP contribution in [0.1, 0.15) is 13.8 Å². The molecule has 118 valence electrons. The number of hydrogen-bond donors (Lipinski definition) is 0. The normalized spacial score (nSPS) is 31.1. The van der Waals surface area contributed by atoms with Crippen molar-refractivity contribution in [1.29, 1.82) is 0 Å². The molecule has 4 nitrogen and oxygen atoms in total. The molecular weight excluding hydrogens is 290 g/mol. The van der Waals surface area contributed by atoms with Crippen LogP contribution in [0, 0.1) is 23.7 Å². The van der Waals surface area contributed by atoms with Crippen molar-refractivity contribution in [1.82, 2.24) is 0 Å². The van der Waals surface area contributed by atoms with Gasteiger partial charge in [0.05, 0.1) is 24.6 Å². The summed E-state index contributed by atoms with van der Waals surface area (Å²) in [7, 11) is 1.59. The van der Waals surface area contributed by atoms with Crippen molar-refractivity contribution in [2.75, 3.05) is 12.0 Å². The molecule has 2 amide bonds. The number of rotatable bonds is 2. The molecule has 1 aromatic rings. The molecule has 0 radical (unpaired) electrons. The largest absolute Gasteiger partial charge is 0.497 e. The highest BCUT2D eigenvalue weighted by Gasteiger charge is 2.61. The third-order valence-electron chi connectivity index (χ3n) is 5.32. The lowest BCUT2D eigenvalue weighted by molar-refractivity contribution is -0.122. The van der Waals surface area contributed by atoms with Gasteiger partial charge in [-0.2, -0.15) is 0 Å². The summed E-state index contributed by atoms with van der Waals surface area (Å²) in [6, 6.07) is 7.09. The van der Waals surface area contributed by atoms with Crippen molar-refractivity contribution in [3.05, 3.63) is 47.6 Å². The predicted molar refractivity (Wildman–Crippen MR) is 87.0 cm³/mol. The van der Waals surface area contributed by atoms with Crippen molar-refractivity contribution in [2.45, 2.75) is 13.8 Å². The highest BCUT2D eigenvalue weighted by Crippen LogP contribution is 2.57. The molecule has 1 aliphatic heterocycles. The van der Waals surface area contributed by atoms with Crippen LogP contribution < -0.4 is 9.64 Å². The van der Waals surface area contributed by atoms with Gasteiger partial charge in [-0.05, 0) is 38.1 Å². The number of nitrogens with zero attached hydrogens (tertiary/aromatic N) is 1. The van der Waals surface area contributed by atoms with Crippen LogP contribution >= 0.6 is 0 Å². The highest BCUT2D eigenvalue weighted by atomic mass is 16.5. The molecule has 3 aliphatic rings. The molecule has 1 aromatic carbocycles. The summed E-state index contributed by atoms with van der Waals surface area (Å²) in [6.45, 7) is 4.14. The molecule has 1 heterocycles. The smallest absolute Gasteiger partial charge is 0.238 e. The molecule has 2 fully saturated rings. The van der Waals surface area contributed by atoms with E-state index in [-0.39, 0.29) is 35.5 Å². The molecular formula is C19H19NO3. The Hall–Kier alpha value is -2.36. The first-order chi connectivity index (χ1) is 11.0. The maximum absolute atomic E-state index is 12.9. The van der Waals surface area contributed by atoms with E-state index < -0.39 is 0 Å². The number of ether oxygens (including phenoxy) is 1. The summed E-state index contributed by atoms with van der Waals surface area (Å²) in [5, 5.41) is 0. The van der Waals surface area contributed by atoms with E-state index in [9.17, 15) is 9.59 Å². The first-order valence-corrected chi connectivity index (χ1v) is 7.92. The van der Waals surface area contributed by atoms with E-state index in [0.717, 1.165) is 0 Å². The number of amides is 2. The topological polar surface area (TPSA) is 46.6 Å². The van der Waals surface area contributed by atoms with Gasteiger partial charge in [-0.3, -0.25) is 9.59 Å². The zero-order chi connectivity index (χ0) is 16.3. The number of methoxy groups -OCH3 is 1. The summed E-state index contributed by atoms with van der Waals surface area (Å²) in [6.07, 6.45) is 4.22. The van der Waals surface area contributed by atoms with Crippen LogP contribution in [0.3, 0.4) is 0 Å². The van der Waals surface area contributed by atoms with Gasteiger partial charge in [-0.1, -0.05) is 23.3 Å². The number of allylic oxidation sites excluding steroid dienone is 4. The molecule has 2 aliphatic carbocycles. The Morgan fingerprint density at radius 2 is 1.48 bits per heavy atom. The standard InChI is InChI=1S/C19H19NO3/c1-10(2)15-13-8-9-14(15)17-16(13)18(21)20(19(17)22)11-4-6-12(23-3)7-5-11/h4-9,13-14,16-17H,1-3H3/t13-,14+,16-,17-/m1/s1. The monoisotopic (exact) mass is 309 g/mol. The van der Waals surface area contributed by atoms with Crippen LogP contribution in [-0.2, 0) is 9.59 Å². The van der Waals surface area contributed by atoms with Crippen molar-refractivity contribution in [2.24, 2.45) is 23.7 Å². The molecule has 0 spiro atoms. The maximum atomic E-state index is 12.9. The Kier molecular flexibility index (Phi) is 2.98. The number of imide groups is 1. The lowest BCUT2D eigenvalue weighted by atomic mass is 9.85. The van der Waals surface area contributed by atoms with E-state index in [0.29, 0.717) is 11.4 Å². The van der Waals surface area contributed by atoms with Gasteiger partial charge in [0.15, 0.2) is 0 Å². The quantitative estimate of drug-likeness (QED) is 0.623. The minimum absolute atomic E-state index is 0.0687. The van der Waals surface area contributed by atoms with Crippen LogP contribution in [0.15, 0.2) is 47.6 Å². The van der Waals surface area contributed by atoms with Gasteiger partial charge in [0.2, 0.25) is 11.8 Å². The van der Waals surface area contributed by atoms with Crippen molar-refractivity contribution in [3.63, 3.8) is 0 Å². The van der Waals surface area contributed by atoms with E-state index in [2.05, 4.69) is 26.0 Å². The van der Waals surface area contributed by atoms with Crippen molar-refractivity contribution < 1.29 is 14.3 Å². The predicted octanol–water partition coefficient (Wildman–Crippen LogP) is 2.95. The van der Waals surface area contributed by atoms with E-state index in [4.69, 9.17) is 4.74 Å². The van der Waals surface area contributed by atoms with Gasteiger partial charge in [-0.15, -0.1) is 0 Å². The molecule has 1 saturated carbocycles. The lowest BCUT2D eigenvalue weighted by Crippen LogP contribution is -2.33. The molecule has 23 heavy (non-hydrogen) atoms. The van der Waals surface area contributed by atoms with E-state index in [1.807, 2.05) is 0 Å². The molecule has 4 heteroatoms. The molecule has 0 N–H and O–H groups in total. The average molecular weight is 309 g/mol. The van der Waals surface area contributed by atoms with Crippen LogP contribution in [0.25, 0.3) is 0 Å². The van der Waals surface area contributed by atoms with Crippen LogP contribution in [-0.4, -0.2) is 18.9 Å². The van der Waals surface area contributed by atoms with Crippen LogP contribution in [0.2, 0.25) is 0 Å². The fourth-order valence-electron chi connectivity index (χ4n) is 4.42. The van der Waals surface area contributed by atoms with Gasteiger partial charge in [0.1, 0.15) is 5.75 Å². The minimum atomic E-state index is -0.232. The molecule has 0 unspecified atom stereocenters. The third kappa shape index (κ3) is 1.78. The second-order valence-corrected chi connectivity index (χ2v) is 6.65. The number of hydrogen-bond acceptors (Lipinski definition) is 3.